The molecule has 0 unspecified atom stereocenters. The molecular weight excluding hydrogens is 244 g/mol. The number of carbonyl (C=O) groups is 1. The van der Waals surface area contributed by atoms with E-state index < -0.39 is 5.79 Å². The molecule has 104 valence electrons. The van der Waals surface area contributed by atoms with Crippen molar-refractivity contribution in [2.75, 3.05) is 19.8 Å². The van der Waals surface area contributed by atoms with Crippen molar-refractivity contribution in [1.29, 1.82) is 0 Å². The van der Waals surface area contributed by atoms with Crippen LogP contribution in [0.4, 0.5) is 0 Å². The number of hydrogen-bond acceptors (Lipinski definition) is 4. The largest absolute Gasteiger partial charge is 0.352 e. The first-order chi connectivity index (χ1) is 9.09. The molecule has 1 fully saturated rings. The van der Waals surface area contributed by atoms with Crippen molar-refractivity contribution in [3.05, 3.63) is 30.1 Å². The summed E-state index contributed by atoms with van der Waals surface area (Å²) in [5.74, 6) is -0.319. The van der Waals surface area contributed by atoms with Gasteiger partial charge in [-0.1, -0.05) is 6.92 Å². The Balaban J connectivity index is 1.77. The van der Waals surface area contributed by atoms with Crippen LogP contribution in [0.2, 0.25) is 0 Å². The Kier molecular flexibility index (Phi) is 4.50. The van der Waals surface area contributed by atoms with Crippen LogP contribution in [0.25, 0.3) is 0 Å². The van der Waals surface area contributed by atoms with Gasteiger partial charge in [0.15, 0.2) is 5.79 Å². The van der Waals surface area contributed by atoms with E-state index in [0.717, 1.165) is 6.42 Å². The molecule has 0 bridgehead atoms. The van der Waals surface area contributed by atoms with Crippen molar-refractivity contribution >= 4 is 5.91 Å². The molecule has 0 aliphatic carbocycles. The minimum absolute atomic E-state index is 0.0987. The molecule has 0 saturated carbocycles. The van der Waals surface area contributed by atoms with Crippen molar-refractivity contribution in [3.63, 3.8) is 0 Å². The zero-order valence-corrected chi connectivity index (χ0v) is 11.4. The summed E-state index contributed by atoms with van der Waals surface area (Å²) in [7, 11) is 0. The highest BCUT2D eigenvalue weighted by atomic mass is 16.7. The van der Waals surface area contributed by atoms with Crippen LogP contribution in [0.1, 0.15) is 30.6 Å². The van der Waals surface area contributed by atoms with Gasteiger partial charge in [0.1, 0.15) is 0 Å². The zero-order valence-electron chi connectivity index (χ0n) is 11.4. The van der Waals surface area contributed by atoms with E-state index in [1.54, 1.807) is 24.5 Å². The predicted molar refractivity (Wildman–Crippen MR) is 70.7 cm³/mol. The lowest BCUT2D eigenvalue weighted by atomic mass is 10.0. The van der Waals surface area contributed by atoms with Gasteiger partial charge < -0.3 is 14.8 Å². The second-order valence-corrected chi connectivity index (χ2v) is 5.09. The Bertz CT molecular complexity index is 416. The molecular formula is C14H20N2O3. The summed E-state index contributed by atoms with van der Waals surface area (Å²) in [6.07, 6.45) is 3.97. The summed E-state index contributed by atoms with van der Waals surface area (Å²) in [5, 5.41) is 2.90. The van der Waals surface area contributed by atoms with Crippen LogP contribution in [-0.2, 0) is 9.47 Å². The van der Waals surface area contributed by atoms with Gasteiger partial charge in [-0.25, -0.2) is 0 Å². The summed E-state index contributed by atoms with van der Waals surface area (Å²) in [4.78, 5) is 15.8. The number of nitrogens with one attached hydrogen (secondary N) is 1. The van der Waals surface area contributed by atoms with Crippen LogP contribution >= 0.6 is 0 Å². The van der Waals surface area contributed by atoms with Crippen LogP contribution in [0, 0.1) is 5.92 Å². The van der Waals surface area contributed by atoms with Crippen molar-refractivity contribution in [3.8, 4) is 0 Å². The minimum Gasteiger partial charge on any atom is -0.352 e. The molecule has 1 atom stereocenters. The molecule has 1 saturated heterocycles. The first-order valence-electron chi connectivity index (χ1n) is 6.55. The molecule has 2 heterocycles. The van der Waals surface area contributed by atoms with Crippen LogP contribution in [0.5, 0.6) is 0 Å². The van der Waals surface area contributed by atoms with Gasteiger partial charge in [0, 0.05) is 25.4 Å². The Morgan fingerprint density at radius 2 is 2.26 bits per heavy atom. The van der Waals surface area contributed by atoms with Crippen molar-refractivity contribution < 1.29 is 14.3 Å². The Morgan fingerprint density at radius 1 is 1.53 bits per heavy atom. The fourth-order valence-corrected chi connectivity index (χ4v) is 2.25. The van der Waals surface area contributed by atoms with Gasteiger partial charge in [-0.2, -0.15) is 0 Å². The van der Waals surface area contributed by atoms with E-state index in [2.05, 4.69) is 17.2 Å². The minimum atomic E-state index is -0.502. The van der Waals surface area contributed by atoms with Gasteiger partial charge in [-0.05, 0) is 25.0 Å². The fourth-order valence-electron chi connectivity index (χ4n) is 2.25. The highest BCUT2D eigenvalue weighted by molar-refractivity contribution is 5.93. The average Bonchev–Trinajstić information content (AvgIpc) is 2.83. The highest BCUT2D eigenvalue weighted by Crippen LogP contribution is 2.26. The molecule has 1 amide bonds. The Labute approximate surface area is 113 Å². The maximum absolute atomic E-state index is 11.9. The van der Waals surface area contributed by atoms with Gasteiger partial charge in [-0.3, -0.25) is 9.78 Å². The zero-order chi connectivity index (χ0) is 13.7. The molecule has 0 aromatic carbocycles. The summed E-state index contributed by atoms with van der Waals surface area (Å²) >= 11 is 0. The summed E-state index contributed by atoms with van der Waals surface area (Å²) in [5.41, 5.74) is 0.578. The average molecular weight is 264 g/mol. The molecule has 5 nitrogen and oxygen atoms in total. The molecule has 5 heteroatoms. The van der Waals surface area contributed by atoms with E-state index in [-0.39, 0.29) is 11.8 Å². The third kappa shape index (κ3) is 4.01. The fraction of sp³-hybridized carbons (Fsp3) is 0.571. The van der Waals surface area contributed by atoms with Gasteiger partial charge in [0.25, 0.3) is 5.91 Å². The SMILES string of the molecule is C[C@@H](CNC(=O)c1cccnc1)CC1(C)OCCO1. The number of hydrogen-bond donors (Lipinski definition) is 1. The molecule has 0 radical (unpaired) electrons. The maximum atomic E-state index is 11.9. The molecule has 1 aliphatic heterocycles. The quantitative estimate of drug-likeness (QED) is 0.877. The lowest BCUT2D eigenvalue weighted by molar-refractivity contribution is -0.153. The monoisotopic (exact) mass is 264 g/mol. The van der Waals surface area contributed by atoms with Crippen LogP contribution in [-0.4, -0.2) is 36.4 Å². The second-order valence-electron chi connectivity index (χ2n) is 5.09. The number of rotatable bonds is 5. The van der Waals surface area contributed by atoms with Gasteiger partial charge in [0.05, 0.1) is 18.8 Å². The number of pyridine rings is 1. The maximum Gasteiger partial charge on any atom is 0.252 e. The molecule has 1 N–H and O–H groups in total. The predicted octanol–water partition coefficient (Wildman–Crippen LogP) is 1.60. The Morgan fingerprint density at radius 3 is 2.89 bits per heavy atom. The summed E-state index contributed by atoms with van der Waals surface area (Å²) < 4.78 is 11.1. The van der Waals surface area contributed by atoms with Gasteiger partial charge in [-0.15, -0.1) is 0 Å². The van der Waals surface area contributed by atoms with Crippen LogP contribution in [0.15, 0.2) is 24.5 Å². The molecule has 2 rings (SSSR count). The molecule has 1 aromatic heterocycles. The van der Waals surface area contributed by atoms with E-state index in [1.807, 2.05) is 6.92 Å². The lowest BCUT2D eigenvalue weighted by Crippen LogP contribution is -2.34. The first kappa shape index (κ1) is 14.0. The van der Waals surface area contributed by atoms with E-state index in [4.69, 9.17) is 9.47 Å². The first-order valence-corrected chi connectivity index (χ1v) is 6.55. The number of amides is 1. The molecule has 19 heavy (non-hydrogen) atoms. The smallest absolute Gasteiger partial charge is 0.252 e. The number of aromatic nitrogens is 1. The van der Waals surface area contributed by atoms with Crippen molar-refractivity contribution in [1.82, 2.24) is 10.3 Å². The molecule has 0 spiro atoms. The second kappa shape index (κ2) is 6.12. The highest BCUT2D eigenvalue weighted by Gasteiger charge is 2.32. The number of carbonyl (C=O) groups excluding carboxylic acids is 1. The van der Waals surface area contributed by atoms with E-state index >= 15 is 0 Å². The summed E-state index contributed by atoms with van der Waals surface area (Å²) in [6, 6.07) is 3.50. The van der Waals surface area contributed by atoms with Gasteiger partial charge in [0.2, 0.25) is 0 Å². The van der Waals surface area contributed by atoms with E-state index in [1.165, 1.54) is 0 Å². The molecule has 1 aliphatic rings. The molecule has 1 aromatic rings. The lowest BCUT2D eigenvalue weighted by Gasteiger charge is -2.26. The Hall–Kier alpha value is -1.46. The van der Waals surface area contributed by atoms with Crippen LogP contribution in [0.3, 0.4) is 0 Å². The van der Waals surface area contributed by atoms with E-state index in [0.29, 0.717) is 25.3 Å². The van der Waals surface area contributed by atoms with E-state index in [9.17, 15) is 4.79 Å². The number of ether oxygens (including phenoxy) is 2. The number of nitrogens with zero attached hydrogens (tertiary/aromatic N) is 1. The third-order valence-corrected chi connectivity index (χ3v) is 3.15. The van der Waals surface area contributed by atoms with Gasteiger partial charge >= 0.3 is 0 Å². The topological polar surface area (TPSA) is 60.5 Å². The van der Waals surface area contributed by atoms with Crippen molar-refractivity contribution in [2.45, 2.75) is 26.1 Å². The third-order valence-electron chi connectivity index (χ3n) is 3.15. The van der Waals surface area contributed by atoms with Crippen LogP contribution < -0.4 is 5.32 Å². The van der Waals surface area contributed by atoms with Crippen molar-refractivity contribution in [2.24, 2.45) is 5.92 Å². The standard InChI is InChI=1S/C14H20N2O3/c1-11(8-14(2)18-6-7-19-14)9-16-13(17)12-4-3-5-15-10-12/h3-5,10-11H,6-9H2,1-2H3,(H,16,17)/t11-/m1/s1. The normalized spacial score (nSPS) is 19.1. The summed E-state index contributed by atoms with van der Waals surface area (Å²) in [6.45, 7) is 5.89.